The monoisotopic (exact) mass is 637 g/mol. The molecule has 47 heavy (non-hydrogen) atoms. The van der Waals surface area contributed by atoms with Crippen molar-refractivity contribution >= 4 is 28.6 Å². The summed E-state index contributed by atoms with van der Waals surface area (Å²) in [5.74, 6) is 1.16. The van der Waals surface area contributed by atoms with Crippen molar-refractivity contribution in [2.24, 2.45) is 11.3 Å². The lowest BCUT2D eigenvalue weighted by molar-refractivity contribution is -0.120. The zero-order chi connectivity index (χ0) is 32.9. The number of carbonyl (C=O) groups is 2. The molecule has 0 bridgehead atoms. The first-order chi connectivity index (χ1) is 22.5. The molecule has 3 aliphatic rings. The summed E-state index contributed by atoms with van der Waals surface area (Å²) in [5, 5.41) is 4.79. The predicted molar refractivity (Wildman–Crippen MR) is 177 cm³/mol. The van der Waals surface area contributed by atoms with E-state index in [4.69, 9.17) is 14.5 Å². The fourth-order valence-electron chi connectivity index (χ4n) is 6.76. The zero-order valence-corrected chi connectivity index (χ0v) is 27.3. The Morgan fingerprint density at radius 2 is 1.87 bits per heavy atom. The summed E-state index contributed by atoms with van der Waals surface area (Å²) in [5.41, 5.74) is 2.21. The quantitative estimate of drug-likeness (QED) is 0.210. The van der Waals surface area contributed by atoms with Gasteiger partial charge in [-0.2, -0.15) is 0 Å². The van der Waals surface area contributed by atoms with E-state index in [0.717, 1.165) is 43.1 Å². The maximum Gasteiger partial charge on any atom is 0.410 e. The number of carbonyl (C=O) groups excluding carboxylic acids is 2. The number of likely N-dealkylation sites (tertiary alicyclic amines) is 1. The summed E-state index contributed by atoms with van der Waals surface area (Å²) in [4.78, 5) is 41.3. The van der Waals surface area contributed by atoms with Gasteiger partial charge in [0.2, 0.25) is 11.8 Å². The van der Waals surface area contributed by atoms with E-state index in [2.05, 4.69) is 15.3 Å². The van der Waals surface area contributed by atoms with E-state index in [1.807, 2.05) is 52.0 Å². The molecule has 10 heteroatoms. The molecule has 9 nitrogen and oxygen atoms in total. The Balaban J connectivity index is 1.12. The second kappa shape index (κ2) is 11.9. The molecule has 2 aliphatic carbocycles. The molecule has 1 amide bonds. The highest BCUT2D eigenvalue weighted by atomic mass is 19.1. The number of fused-ring (bicyclic) bond motifs is 1. The Labute approximate surface area is 273 Å². The van der Waals surface area contributed by atoms with E-state index in [-0.39, 0.29) is 41.5 Å². The highest BCUT2D eigenvalue weighted by Gasteiger charge is 2.65. The van der Waals surface area contributed by atoms with Crippen molar-refractivity contribution < 1.29 is 23.5 Å². The first-order valence-corrected chi connectivity index (χ1v) is 16.4. The molecule has 2 atom stereocenters. The van der Waals surface area contributed by atoms with Gasteiger partial charge >= 0.3 is 6.09 Å². The molecule has 2 aromatic heterocycles. The van der Waals surface area contributed by atoms with Crippen LogP contribution in [0.2, 0.25) is 0 Å². The van der Waals surface area contributed by atoms with Gasteiger partial charge in [-0.1, -0.05) is 12.1 Å². The molecule has 1 unspecified atom stereocenters. The third-order valence-electron chi connectivity index (χ3n) is 9.53. The van der Waals surface area contributed by atoms with Crippen LogP contribution in [0.15, 0.2) is 54.9 Å². The summed E-state index contributed by atoms with van der Waals surface area (Å²) in [6.07, 6.45) is 7.96. The van der Waals surface area contributed by atoms with Crippen molar-refractivity contribution in [1.82, 2.24) is 19.9 Å². The smallest absolute Gasteiger partial charge is 0.410 e. The van der Waals surface area contributed by atoms with Crippen LogP contribution in [-0.4, -0.2) is 56.5 Å². The molecule has 1 aliphatic heterocycles. The number of rotatable bonds is 8. The largest absolute Gasteiger partial charge is 0.444 e. The fraction of sp³-hybridized carbons (Fsp3) is 0.432. The number of ether oxygens (including phenoxy) is 2. The van der Waals surface area contributed by atoms with Gasteiger partial charge in [0, 0.05) is 54.8 Å². The number of halogens is 1. The Kier molecular flexibility index (Phi) is 7.85. The van der Waals surface area contributed by atoms with Crippen molar-refractivity contribution in [3.8, 4) is 22.9 Å². The van der Waals surface area contributed by atoms with Crippen LogP contribution in [-0.2, 0) is 16.0 Å². The molecule has 4 aromatic rings. The Hall–Kier alpha value is -4.60. The second-order valence-electron chi connectivity index (χ2n) is 14.2. The molecule has 244 valence electrons. The number of aromatic nitrogens is 3. The molecule has 3 fully saturated rings. The van der Waals surface area contributed by atoms with E-state index >= 15 is 4.39 Å². The lowest BCUT2D eigenvalue weighted by atomic mass is 9.96. The molecule has 1 spiro atoms. The predicted octanol–water partition coefficient (Wildman–Crippen LogP) is 7.65. The van der Waals surface area contributed by atoms with Gasteiger partial charge in [0.25, 0.3) is 0 Å². The number of Topliss-reactive ketones (excluding diaryl/α,β-unsaturated/α-hetero) is 1. The van der Waals surface area contributed by atoms with Crippen LogP contribution in [0, 0.1) is 24.1 Å². The Morgan fingerprint density at radius 1 is 1.06 bits per heavy atom. The zero-order valence-electron chi connectivity index (χ0n) is 27.3. The standard InChI is InChI=1S/C37H40FN5O4/c1-22-9-10-24-25(11-12-29(38)27(24)19-31(44)28-20-37(28)14-15-37)32(22)46-33-26(8-5-16-39-33)30-13-17-40-34(42-30)41-23-7-6-18-43(21-23)35(45)47-36(2,3)4/h5,8-13,16-17,23,28H,6-7,14-15,18-21H2,1-4H3,(H,40,41,42)/t23-,28?/m0/s1. The molecule has 2 aromatic carbocycles. The number of hydrogen-bond donors (Lipinski definition) is 1. The first-order valence-electron chi connectivity index (χ1n) is 16.4. The summed E-state index contributed by atoms with van der Waals surface area (Å²) in [6, 6.07) is 12.4. The fourth-order valence-corrected chi connectivity index (χ4v) is 6.76. The molecule has 1 N–H and O–H groups in total. The summed E-state index contributed by atoms with van der Waals surface area (Å²) < 4.78 is 27.3. The number of piperidine rings is 1. The van der Waals surface area contributed by atoms with Crippen molar-refractivity contribution in [1.29, 1.82) is 0 Å². The number of aryl methyl sites for hydroxylation is 1. The number of hydrogen-bond acceptors (Lipinski definition) is 8. The highest BCUT2D eigenvalue weighted by Crippen LogP contribution is 2.71. The highest BCUT2D eigenvalue weighted by molar-refractivity contribution is 5.97. The van der Waals surface area contributed by atoms with E-state index in [9.17, 15) is 9.59 Å². The average Bonchev–Trinajstić information content (AvgIpc) is 3.97. The van der Waals surface area contributed by atoms with E-state index < -0.39 is 5.60 Å². The van der Waals surface area contributed by atoms with Crippen molar-refractivity contribution in [2.75, 3.05) is 18.4 Å². The van der Waals surface area contributed by atoms with Crippen molar-refractivity contribution in [2.45, 2.75) is 77.9 Å². The van der Waals surface area contributed by atoms with Crippen molar-refractivity contribution in [3.63, 3.8) is 0 Å². The lowest BCUT2D eigenvalue weighted by Gasteiger charge is -2.34. The molecular formula is C37H40FN5O4. The minimum atomic E-state index is -0.559. The van der Waals surface area contributed by atoms with Gasteiger partial charge in [0.05, 0.1) is 11.3 Å². The molecule has 0 radical (unpaired) electrons. The van der Waals surface area contributed by atoms with Gasteiger partial charge in [0.1, 0.15) is 23.0 Å². The van der Waals surface area contributed by atoms with Crippen LogP contribution in [0.4, 0.5) is 15.1 Å². The summed E-state index contributed by atoms with van der Waals surface area (Å²) in [7, 11) is 0. The molecule has 3 heterocycles. The molecule has 7 rings (SSSR count). The first kappa shape index (κ1) is 31.0. The van der Waals surface area contributed by atoms with Gasteiger partial charge in [-0.25, -0.2) is 24.1 Å². The van der Waals surface area contributed by atoms with E-state index in [1.54, 1.807) is 29.4 Å². The van der Waals surface area contributed by atoms with Crippen LogP contribution in [0.1, 0.15) is 64.0 Å². The summed E-state index contributed by atoms with van der Waals surface area (Å²) in [6.45, 7) is 8.65. The van der Waals surface area contributed by atoms with Crippen molar-refractivity contribution in [3.05, 3.63) is 71.8 Å². The maximum absolute atomic E-state index is 15.2. The average molecular weight is 638 g/mol. The normalized spacial score (nSPS) is 19.8. The molecule has 1 saturated heterocycles. The molecular weight excluding hydrogens is 597 g/mol. The van der Waals surface area contributed by atoms with E-state index in [1.165, 1.54) is 6.07 Å². The minimum Gasteiger partial charge on any atom is -0.444 e. The van der Waals surface area contributed by atoms with Gasteiger partial charge < -0.3 is 19.7 Å². The lowest BCUT2D eigenvalue weighted by Crippen LogP contribution is -2.47. The second-order valence-corrected chi connectivity index (χ2v) is 14.2. The SMILES string of the molecule is Cc1ccc2c(CC(=O)C3CC34CC4)c(F)ccc2c1Oc1ncccc1-c1ccnc(N[C@H]2CCCN(C(=O)OC(C)(C)C)C2)n1. The van der Waals surface area contributed by atoms with Gasteiger partial charge in [-0.3, -0.25) is 4.79 Å². The van der Waals surface area contributed by atoms with Gasteiger partial charge in [0.15, 0.2) is 0 Å². The van der Waals surface area contributed by atoms with Crippen LogP contribution in [0.25, 0.3) is 22.0 Å². The van der Waals surface area contributed by atoms with Crippen LogP contribution in [0.5, 0.6) is 11.6 Å². The Bertz CT molecular complexity index is 1870. The Morgan fingerprint density at radius 3 is 2.64 bits per heavy atom. The number of ketones is 1. The topological polar surface area (TPSA) is 107 Å². The van der Waals surface area contributed by atoms with E-state index in [0.29, 0.717) is 52.9 Å². The maximum atomic E-state index is 15.2. The van der Waals surface area contributed by atoms with Crippen LogP contribution >= 0.6 is 0 Å². The molecule has 2 saturated carbocycles. The van der Waals surface area contributed by atoms with Crippen LogP contribution < -0.4 is 10.1 Å². The third kappa shape index (κ3) is 6.50. The summed E-state index contributed by atoms with van der Waals surface area (Å²) >= 11 is 0. The van der Waals surface area contributed by atoms with Crippen LogP contribution in [0.3, 0.4) is 0 Å². The third-order valence-corrected chi connectivity index (χ3v) is 9.53. The number of nitrogens with zero attached hydrogens (tertiary/aromatic N) is 4. The number of amides is 1. The number of pyridine rings is 1. The number of anilines is 1. The minimum absolute atomic E-state index is 0.0364. The van der Waals surface area contributed by atoms with Gasteiger partial charge in [-0.05, 0) is 106 Å². The number of benzene rings is 2. The van der Waals surface area contributed by atoms with Gasteiger partial charge in [-0.15, -0.1) is 0 Å². The number of nitrogens with one attached hydrogen (secondary N) is 1.